The Kier molecular flexibility index (Phi) is 15.5. The standard InChI is InChI=1S/C62H55N5O11/c1-64(39-42-17-6-2-7-18-42)34-16-19-41-30-33-50-49(37-41)62(60(72)65(50)61(73)77-40-43-28-31-47(32-29-43)67(74)75)53(58(70)63-38-51(69)44-20-8-3-9-21-44)55-59(71)78-56(46-24-12-5-13-25-46)54(45-22-10-4-11-23-45)66(55)57(62)48-26-14-15-27-52(48)76-36-35-68/h2-15,17-18,20-33,37,51,53-57,68-69H,34-36,38-40H2,1H3,(H,63,70)/t51-,53+,54+,55+,56-,57-,62+/m0/s1. The van der Waals surface area contributed by atoms with Crippen LogP contribution in [0.2, 0.25) is 0 Å². The van der Waals surface area contributed by atoms with Gasteiger partial charge in [-0.1, -0.05) is 151 Å². The predicted molar refractivity (Wildman–Crippen MR) is 288 cm³/mol. The van der Waals surface area contributed by atoms with Crippen molar-refractivity contribution >= 4 is 35.3 Å². The van der Waals surface area contributed by atoms with Gasteiger partial charge in [0, 0.05) is 36.3 Å². The van der Waals surface area contributed by atoms with Crippen LogP contribution in [0.4, 0.5) is 16.2 Å². The molecule has 0 aliphatic carbocycles. The van der Waals surface area contributed by atoms with Crippen LogP contribution in [-0.2, 0) is 42.4 Å². The fourth-order valence-electron chi connectivity index (χ4n) is 11.2. The number of morpholine rings is 1. The third-order valence-corrected chi connectivity index (χ3v) is 14.5. The Morgan fingerprint density at radius 1 is 0.808 bits per heavy atom. The van der Waals surface area contributed by atoms with E-state index in [-0.39, 0.29) is 42.4 Å². The summed E-state index contributed by atoms with van der Waals surface area (Å²) in [6, 6.07) is 50.5. The predicted octanol–water partition coefficient (Wildman–Crippen LogP) is 8.30. The second-order valence-electron chi connectivity index (χ2n) is 19.4. The molecule has 1 spiro atoms. The first-order valence-corrected chi connectivity index (χ1v) is 25.5. The number of fused-ring (bicyclic) bond motifs is 3. The van der Waals surface area contributed by atoms with Crippen molar-refractivity contribution in [3.63, 3.8) is 0 Å². The van der Waals surface area contributed by atoms with Crippen molar-refractivity contribution in [2.24, 2.45) is 5.92 Å². The summed E-state index contributed by atoms with van der Waals surface area (Å²) in [7, 11) is 1.94. The number of nitro benzene ring substituents is 1. The van der Waals surface area contributed by atoms with Crippen molar-refractivity contribution in [3.8, 4) is 17.6 Å². The number of hydrogen-bond donors (Lipinski definition) is 3. The number of hydrogen-bond acceptors (Lipinski definition) is 13. The van der Waals surface area contributed by atoms with E-state index in [0.29, 0.717) is 46.5 Å². The molecule has 0 radical (unpaired) electrons. The van der Waals surface area contributed by atoms with E-state index in [1.165, 1.54) is 24.3 Å². The maximum absolute atomic E-state index is 16.8. The highest BCUT2D eigenvalue weighted by molar-refractivity contribution is 6.23. The molecule has 2 fully saturated rings. The Morgan fingerprint density at radius 2 is 1.45 bits per heavy atom. The minimum Gasteiger partial charge on any atom is -0.491 e. The van der Waals surface area contributed by atoms with Crippen molar-refractivity contribution in [3.05, 3.63) is 243 Å². The zero-order valence-corrected chi connectivity index (χ0v) is 42.5. The Hall–Kier alpha value is -8.98. The van der Waals surface area contributed by atoms with Gasteiger partial charge in [0.05, 0.1) is 47.9 Å². The minimum atomic E-state index is -2.24. The van der Waals surface area contributed by atoms with Crippen LogP contribution in [0.25, 0.3) is 0 Å². The number of para-hydroxylation sites is 1. The highest BCUT2D eigenvalue weighted by Gasteiger charge is 2.76. The van der Waals surface area contributed by atoms with Crippen LogP contribution in [0.15, 0.2) is 188 Å². The van der Waals surface area contributed by atoms with Gasteiger partial charge in [-0.3, -0.25) is 34.3 Å². The normalized spacial score (nSPS) is 20.7. The Balaban J connectivity index is 1.21. The molecule has 3 heterocycles. The molecule has 0 bridgehead atoms. The van der Waals surface area contributed by atoms with Gasteiger partial charge in [0.2, 0.25) is 11.8 Å². The molecule has 0 saturated carbocycles. The molecule has 7 aromatic carbocycles. The van der Waals surface area contributed by atoms with E-state index < -0.39 is 77.1 Å². The average Bonchev–Trinajstić information content (AvgIpc) is 4.16. The fraction of sp³-hybridized carbons (Fsp3) is 0.226. The van der Waals surface area contributed by atoms with Crippen molar-refractivity contribution in [2.45, 2.75) is 48.9 Å². The number of aliphatic hydroxyl groups is 2. The molecule has 3 N–H and O–H groups in total. The molecule has 78 heavy (non-hydrogen) atoms. The number of ether oxygens (including phenoxy) is 3. The Labute approximate surface area is 450 Å². The fourth-order valence-corrected chi connectivity index (χ4v) is 11.2. The zero-order chi connectivity index (χ0) is 54.3. The molecule has 7 atom stereocenters. The number of amides is 3. The lowest BCUT2D eigenvalue weighted by Gasteiger charge is -2.46. The number of rotatable bonds is 16. The number of cyclic esters (lactones) is 1. The van der Waals surface area contributed by atoms with Gasteiger partial charge in [-0.05, 0) is 76.8 Å². The third kappa shape index (κ3) is 10.2. The molecule has 3 aliphatic rings. The van der Waals surface area contributed by atoms with E-state index in [9.17, 15) is 20.3 Å². The van der Waals surface area contributed by atoms with Gasteiger partial charge in [0.1, 0.15) is 36.5 Å². The topological polar surface area (TPSA) is 201 Å². The number of carbonyl (C=O) groups excluding carboxylic acids is 4. The second kappa shape index (κ2) is 23.1. The molecule has 0 aromatic heterocycles. The lowest BCUT2D eigenvalue weighted by atomic mass is 9.65. The zero-order valence-electron chi connectivity index (χ0n) is 42.5. The van der Waals surface area contributed by atoms with Crippen LogP contribution in [-0.4, -0.2) is 88.2 Å². The quantitative estimate of drug-likeness (QED) is 0.0362. The first-order valence-electron chi connectivity index (χ1n) is 25.5. The van der Waals surface area contributed by atoms with Crippen LogP contribution in [0, 0.1) is 27.9 Å². The summed E-state index contributed by atoms with van der Waals surface area (Å²) in [6.07, 6.45) is -3.37. The van der Waals surface area contributed by atoms with E-state index in [4.69, 9.17) is 14.2 Å². The monoisotopic (exact) mass is 1050 g/mol. The molecule has 0 unspecified atom stereocenters. The largest absolute Gasteiger partial charge is 0.491 e. The van der Waals surface area contributed by atoms with Gasteiger partial charge in [-0.2, -0.15) is 0 Å². The number of non-ortho nitro benzene ring substituents is 1. The molecular formula is C62H55N5O11. The highest BCUT2D eigenvalue weighted by Crippen LogP contribution is 2.66. The smallest absolute Gasteiger partial charge is 0.421 e. The molecule has 10 rings (SSSR count). The van der Waals surface area contributed by atoms with Crippen molar-refractivity contribution in [2.75, 3.05) is 38.3 Å². The number of nitrogens with one attached hydrogen (secondary N) is 1. The van der Waals surface area contributed by atoms with Gasteiger partial charge < -0.3 is 29.7 Å². The molecule has 7 aromatic rings. The van der Waals surface area contributed by atoms with Gasteiger partial charge in [-0.25, -0.2) is 9.69 Å². The average molecular weight is 1050 g/mol. The van der Waals surface area contributed by atoms with Gasteiger partial charge in [0.25, 0.3) is 5.69 Å². The van der Waals surface area contributed by atoms with E-state index in [1.54, 1.807) is 72.8 Å². The summed E-state index contributed by atoms with van der Waals surface area (Å²) in [5, 5.41) is 36.2. The Morgan fingerprint density at radius 3 is 2.13 bits per heavy atom. The van der Waals surface area contributed by atoms with E-state index in [2.05, 4.69) is 17.2 Å². The maximum atomic E-state index is 16.8. The van der Waals surface area contributed by atoms with Gasteiger partial charge in [0.15, 0.2) is 0 Å². The first-order chi connectivity index (χ1) is 38.0. The molecular weight excluding hydrogens is 991 g/mol. The molecule has 3 amide bonds. The summed E-state index contributed by atoms with van der Waals surface area (Å²) in [6.45, 7) is -0.325. The van der Waals surface area contributed by atoms with Gasteiger partial charge >= 0.3 is 12.1 Å². The highest BCUT2D eigenvalue weighted by atomic mass is 16.6. The SMILES string of the molecule is CN(CC#Cc1ccc2c(c1)[C@]1(C(=O)N2C(=O)OCc2ccc([N+](=O)[O-])cc2)[C@H](c2ccccc2OCCO)N2[C@H](c3ccccc3)[C@H](c3ccccc3)OC(=O)[C@H]2[C@@H]1C(=O)NC[C@H](O)c1ccccc1)Cc1ccccc1. The molecule has 16 nitrogen and oxygen atoms in total. The van der Waals surface area contributed by atoms with E-state index in [0.717, 1.165) is 10.5 Å². The number of aliphatic hydroxyl groups excluding tert-OH is 2. The summed E-state index contributed by atoms with van der Waals surface area (Å²) in [4.78, 5) is 79.1. The number of imide groups is 1. The van der Waals surface area contributed by atoms with Crippen molar-refractivity contribution in [1.29, 1.82) is 0 Å². The summed E-state index contributed by atoms with van der Waals surface area (Å²) in [5.41, 5.74) is 1.84. The van der Waals surface area contributed by atoms with Crippen LogP contribution in [0.3, 0.4) is 0 Å². The molecule has 16 heteroatoms. The number of carbonyl (C=O) groups is 4. The summed E-state index contributed by atoms with van der Waals surface area (Å²) < 4.78 is 18.9. The number of nitrogens with zero attached hydrogens (tertiary/aromatic N) is 4. The molecule has 2 saturated heterocycles. The number of esters is 1. The minimum absolute atomic E-state index is 0.0467. The van der Waals surface area contributed by atoms with Gasteiger partial charge in [-0.15, -0.1) is 0 Å². The van der Waals surface area contributed by atoms with Crippen molar-refractivity contribution < 1.29 is 48.5 Å². The van der Waals surface area contributed by atoms with Crippen LogP contribution in [0.5, 0.6) is 5.75 Å². The third-order valence-electron chi connectivity index (χ3n) is 14.5. The number of benzene rings is 7. The van der Waals surface area contributed by atoms with Crippen LogP contribution < -0.4 is 15.0 Å². The lowest BCUT2D eigenvalue weighted by molar-refractivity contribution is -0.384. The Bertz CT molecular complexity index is 3380. The maximum Gasteiger partial charge on any atom is 0.421 e. The summed E-state index contributed by atoms with van der Waals surface area (Å²) >= 11 is 0. The summed E-state index contributed by atoms with van der Waals surface area (Å²) in [5.74, 6) is 2.48. The van der Waals surface area contributed by atoms with Crippen molar-refractivity contribution in [1.82, 2.24) is 15.1 Å². The van der Waals surface area contributed by atoms with Crippen LogP contribution >= 0.6 is 0 Å². The first kappa shape index (κ1) is 52.5. The van der Waals surface area contributed by atoms with E-state index >= 15 is 19.2 Å². The number of nitro groups is 1. The second-order valence-corrected chi connectivity index (χ2v) is 19.4. The molecule has 394 valence electrons. The lowest BCUT2D eigenvalue weighted by Crippen LogP contribution is -2.56. The molecule has 3 aliphatic heterocycles. The van der Waals surface area contributed by atoms with Crippen LogP contribution in [0.1, 0.15) is 68.8 Å². The van der Waals surface area contributed by atoms with E-state index in [1.807, 2.05) is 108 Å². The number of anilines is 1.